The maximum atomic E-state index is 12.4. The maximum absolute atomic E-state index is 12.4. The van der Waals surface area contributed by atoms with Crippen LogP contribution in [0.2, 0.25) is 0 Å². The monoisotopic (exact) mass is 1040 g/mol. The third-order valence-corrected chi connectivity index (χ3v) is 12.4. The van der Waals surface area contributed by atoms with Crippen molar-refractivity contribution >= 4 is 11.0 Å². The van der Waals surface area contributed by atoms with Gasteiger partial charge >= 0.3 is 0 Å². The molecule has 2 heterocycles. The number of benzene rings is 6. The Bertz CT molecular complexity index is 3270. The summed E-state index contributed by atoms with van der Waals surface area (Å²) in [5, 5.41) is 12.4. The number of aromatic hydroxyl groups is 1. The smallest absolute Gasteiger partial charge is 0.148 e. The molecule has 5 heteroatoms. The molecule has 1 N–H and O–H groups in total. The fourth-order valence-electron chi connectivity index (χ4n) is 8.36. The summed E-state index contributed by atoms with van der Waals surface area (Å²) in [7, 11) is 0. The molecule has 8 aromatic rings. The van der Waals surface area contributed by atoms with Crippen LogP contribution in [0.4, 0.5) is 0 Å². The van der Waals surface area contributed by atoms with Gasteiger partial charge in [-0.05, 0) is 97.4 Å². The predicted molar refractivity (Wildman–Crippen MR) is 271 cm³/mol. The molecule has 0 atom stereocenters. The van der Waals surface area contributed by atoms with Crippen molar-refractivity contribution in [2.75, 3.05) is 0 Å². The largest absolute Gasteiger partial charge is 0.507 e. The Hall–Kier alpha value is -5.57. The van der Waals surface area contributed by atoms with Crippen LogP contribution < -0.4 is 0 Å². The molecule has 0 amide bonds. The molecular weight excluding hydrogens is 974 g/mol. The summed E-state index contributed by atoms with van der Waals surface area (Å²) >= 11 is 0. The number of phenolic OH excluding ortho intramolecular Hbond substituents is 1. The number of aromatic nitrogens is 3. The average Bonchev–Trinajstić information content (AvgIpc) is 3.68. The number of hydrogen-bond donors (Lipinski definition) is 1. The number of pyridine rings is 1. The molecule has 0 aliphatic carbocycles. The van der Waals surface area contributed by atoms with Gasteiger partial charge in [-0.1, -0.05) is 186 Å². The Balaban J connectivity index is 0.00000722. The molecule has 65 heavy (non-hydrogen) atoms. The second-order valence-corrected chi connectivity index (χ2v) is 20.9. The average molecular weight is 1040 g/mol. The summed E-state index contributed by atoms with van der Waals surface area (Å²) in [6, 6.07) is 35.7. The van der Waals surface area contributed by atoms with Crippen LogP contribution in [-0.2, 0) is 37.3 Å². The molecule has 4 nitrogen and oxygen atoms in total. The van der Waals surface area contributed by atoms with Gasteiger partial charge < -0.3 is 5.11 Å². The zero-order chi connectivity index (χ0) is 50.2. The summed E-state index contributed by atoms with van der Waals surface area (Å²) in [5.74, 6) is 1.08. The standard InChI is InChI=1S/C60H64N3O.Pt/c1-37(2)42-33-49(38(3)4)56(64)51(34-42)57-62-55-48(43-30-44(32-47(31-43)60(11,12)13)52-35-41(28-29-61-52)39-18-15-14-16-19-39)20-17-21-54(55)63(57)53-27-26-46(59(8,9)10)36-50(53)40-22-24-45(25-23-40)58(5,6)7;/h14-29,31-38,64H,1-13H3;/q-1;/i14D,15D,16D,18D,19D;. The van der Waals surface area contributed by atoms with Crippen molar-refractivity contribution in [2.45, 2.75) is 118 Å². The van der Waals surface area contributed by atoms with Crippen LogP contribution in [0, 0.1) is 6.07 Å². The number of nitrogens with zero attached hydrogens (tertiary/aromatic N) is 3. The van der Waals surface area contributed by atoms with Gasteiger partial charge in [-0.3, -0.25) is 9.55 Å². The van der Waals surface area contributed by atoms with E-state index in [4.69, 9.17) is 16.8 Å². The van der Waals surface area contributed by atoms with E-state index in [-0.39, 0.29) is 84.6 Å². The molecule has 0 aliphatic heterocycles. The quantitative estimate of drug-likeness (QED) is 0.154. The van der Waals surface area contributed by atoms with Crippen molar-refractivity contribution in [3.05, 3.63) is 167 Å². The van der Waals surface area contributed by atoms with Crippen molar-refractivity contribution < 1.29 is 33.0 Å². The summed E-state index contributed by atoms with van der Waals surface area (Å²) in [6.07, 6.45) is 1.61. The Labute approximate surface area is 409 Å². The molecule has 0 saturated carbocycles. The minimum absolute atomic E-state index is 0. The van der Waals surface area contributed by atoms with Gasteiger partial charge in [0.15, 0.2) is 0 Å². The number of hydrogen-bond acceptors (Lipinski definition) is 3. The zero-order valence-electron chi connectivity index (χ0n) is 45.1. The van der Waals surface area contributed by atoms with Crippen LogP contribution in [0.15, 0.2) is 133 Å². The fourth-order valence-corrected chi connectivity index (χ4v) is 8.36. The Morgan fingerprint density at radius 1 is 0.600 bits per heavy atom. The van der Waals surface area contributed by atoms with Crippen molar-refractivity contribution in [3.63, 3.8) is 0 Å². The minimum atomic E-state index is -0.435. The molecule has 0 bridgehead atoms. The van der Waals surface area contributed by atoms with Crippen LogP contribution in [0.1, 0.15) is 137 Å². The van der Waals surface area contributed by atoms with Gasteiger partial charge in [0.1, 0.15) is 11.6 Å². The topological polar surface area (TPSA) is 50.9 Å². The first-order valence-corrected chi connectivity index (χ1v) is 22.5. The van der Waals surface area contributed by atoms with Gasteiger partial charge in [0.25, 0.3) is 0 Å². The second-order valence-electron chi connectivity index (χ2n) is 20.9. The van der Waals surface area contributed by atoms with Crippen LogP contribution in [0.25, 0.3) is 72.7 Å². The van der Waals surface area contributed by atoms with Crippen molar-refractivity contribution in [2.24, 2.45) is 0 Å². The zero-order valence-corrected chi connectivity index (χ0v) is 42.3. The number of rotatable bonds is 8. The van der Waals surface area contributed by atoms with Crippen molar-refractivity contribution in [1.29, 1.82) is 0 Å². The van der Waals surface area contributed by atoms with E-state index in [1.165, 1.54) is 11.1 Å². The first-order chi connectivity index (χ1) is 32.3. The van der Waals surface area contributed by atoms with E-state index < -0.39 is 6.04 Å². The van der Waals surface area contributed by atoms with Gasteiger partial charge in [0, 0.05) is 38.5 Å². The van der Waals surface area contributed by atoms with E-state index in [2.05, 4.69) is 186 Å². The molecule has 2 aromatic heterocycles. The number of para-hydroxylation sites is 1. The molecule has 0 fully saturated rings. The summed E-state index contributed by atoms with van der Waals surface area (Å²) in [6.45, 7) is 28.5. The molecule has 0 spiro atoms. The third kappa shape index (κ3) is 9.57. The summed E-state index contributed by atoms with van der Waals surface area (Å²) < 4.78 is 44.5. The molecule has 0 aliphatic rings. The number of imidazole rings is 1. The maximum Gasteiger partial charge on any atom is 0.148 e. The Kier molecular flexibility index (Phi) is 11.3. The van der Waals surface area contributed by atoms with Gasteiger partial charge in [-0.2, -0.15) is 0 Å². The molecule has 336 valence electrons. The number of fused-ring (bicyclic) bond motifs is 1. The molecule has 6 aromatic carbocycles. The molecule has 8 rings (SSSR count). The fraction of sp³-hybridized carbons (Fsp3) is 0.300. The minimum Gasteiger partial charge on any atom is -0.507 e. The van der Waals surface area contributed by atoms with E-state index in [0.717, 1.165) is 55.7 Å². The van der Waals surface area contributed by atoms with Crippen LogP contribution in [0.5, 0.6) is 5.75 Å². The van der Waals surface area contributed by atoms with Crippen molar-refractivity contribution in [1.82, 2.24) is 14.5 Å². The van der Waals surface area contributed by atoms with Gasteiger partial charge in [-0.25, -0.2) is 4.98 Å². The Morgan fingerprint density at radius 3 is 1.88 bits per heavy atom. The van der Waals surface area contributed by atoms with Crippen LogP contribution >= 0.6 is 0 Å². The first-order valence-electron chi connectivity index (χ1n) is 25.0. The predicted octanol–water partition coefficient (Wildman–Crippen LogP) is 16.4. The molecule has 0 saturated heterocycles. The van der Waals surface area contributed by atoms with Gasteiger partial charge in [0.2, 0.25) is 0 Å². The Morgan fingerprint density at radius 2 is 1.25 bits per heavy atom. The van der Waals surface area contributed by atoms with Crippen molar-refractivity contribution in [3.8, 4) is 67.5 Å². The normalized spacial score (nSPS) is 13.4. The number of phenols is 1. The van der Waals surface area contributed by atoms with E-state index in [1.807, 2.05) is 0 Å². The third-order valence-electron chi connectivity index (χ3n) is 12.4. The van der Waals surface area contributed by atoms with Crippen LogP contribution in [-0.4, -0.2) is 19.6 Å². The second kappa shape index (κ2) is 18.0. The van der Waals surface area contributed by atoms with Gasteiger partial charge in [-0.15, -0.1) is 29.3 Å². The van der Waals surface area contributed by atoms with E-state index in [9.17, 15) is 5.11 Å². The van der Waals surface area contributed by atoms with E-state index >= 15 is 0 Å². The van der Waals surface area contributed by atoms with E-state index in [1.54, 1.807) is 18.3 Å². The van der Waals surface area contributed by atoms with Crippen LogP contribution in [0.3, 0.4) is 0 Å². The molecule has 0 radical (unpaired) electrons. The summed E-state index contributed by atoms with van der Waals surface area (Å²) in [4.78, 5) is 10.4. The summed E-state index contributed by atoms with van der Waals surface area (Å²) in [5.41, 5.74) is 13.7. The first kappa shape index (κ1) is 40.9. The molecule has 0 unspecified atom stereocenters. The van der Waals surface area contributed by atoms with Gasteiger partial charge in [0.05, 0.1) is 29.1 Å². The molecular formula is C60H64N3OPt-. The van der Waals surface area contributed by atoms with E-state index in [0.29, 0.717) is 28.2 Å². The SMILES string of the molecule is [2H]c1c([2H])c([2H])c(-c2ccnc(-c3[c-]c(-c4cccc5c4nc(-c4cc(C(C)C)cc(C(C)C)c4O)n5-c4ccc(C(C)(C)C)cc4-c4ccc(C(C)(C)C)cc4)cc(C(C)(C)C)c3)c2)c([2H])c1[2H].[Pt].